The first-order valence-corrected chi connectivity index (χ1v) is 8.20. The van der Waals surface area contributed by atoms with E-state index in [0.717, 1.165) is 25.0 Å². The zero-order chi connectivity index (χ0) is 15.6. The maximum atomic E-state index is 13.7. The lowest BCUT2D eigenvalue weighted by atomic mass is 9.87. The second-order valence-electron chi connectivity index (χ2n) is 5.35. The Bertz CT molecular complexity index is 599. The fraction of sp³-hybridized carbons (Fsp3) is 0.538. The predicted octanol–water partition coefficient (Wildman–Crippen LogP) is 1.38. The number of rotatable bonds is 4. The smallest absolute Gasteiger partial charge is 0.246 e. The maximum Gasteiger partial charge on any atom is 0.246 e. The van der Waals surface area contributed by atoms with Crippen LogP contribution in [-0.2, 0) is 10.0 Å². The lowest BCUT2D eigenvalue weighted by Crippen LogP contribution is -2.33. The summed E-state index contributed by atoms with van der Waals surface area (Å²) in [4.78, 5) is -1.02. The number of nitrogen functional groups attached to an aromatic ring is 1. The van der Waals surface area contributed by atoms with Crippen LogP contribution in [0, 0.1) is 17.6 Å². The van der Waals surface area contributed by atoms with Crippen molar-refractivity contribution in [1.29, 1.82) is 0 Å². The summed E-state index contributed by atoms with van der Waals surface area (Å²) in [6, 6.07) is 1.53. The number of benzene rings is 1. The molecule has 0 heterocycles. The predicted molar refractivity (Wildman–Crippen MR) is 73.9 cm³/mol. The highest BCUT2D eigenvalue weighted by Crippen LogP contribution is 2.25. The van der Waals surface area contributed by atoms with Crippen molar-refractivity contribution < 1.29 is 22.3 Å². The first kappa shape index (κ1) is 16.1. The second-order valence-corrected chi connectivity index (χ2v) is 7.06. The quantitative estimate of drug-likeness (QED) is 0.731. The van der Waals surface area contributed by atoms with Gasteiger partial charge < -0.3 is 10.8 Å². The van der Waals surface area contributed by atoms with Gasteiger partial charge in [-0.25, -0.2) is 21.9 Å². The molecular weight excluding hydrogens is 302 g/mol. The number of aliphatic hydroxyl groups is 1. The van der Waals surface area contributed by atoms with Gasteiger partial charge in [0.15, 0.2) is 4.90 Å². The van der Waals surface area contributed by atoms with Gasteiger partial charge in [0.2, 0.25) is 10.0 Å². The highest BCUT2D eigenvalue weighted by Gasteiger charge is 2.27. The van der Waals surface area contributed by atoms with E-state index in [2.05, 4.69) is 4.72 Å². The van der Waals surface area contributed by atoms with Crippen LogP contribution in [0.4, 0.5) is 14.5 Å². The van der Waals surface area contributed by atoms with Crippen molar-refractivity contribution in [2.24, 2.45) is 5.92 Å². The Morgan fingerprint density at radius 2 is 1.90 bits per heavy atom. The van der Waals surface area contributed by atoms with Gasteiger partial charge in [-0.3, -0.25) is 0 Å². The van der Waals surface area contributed by atoms with Crippen molar-refractivity contribution >= 4 is 15.7 Å². The molecule has 1 aliphatic carbocycles. The Balaban J connectivity index is 2.12. The highest BCUT2D eigenvalue weighted by molar-refractivity contribution is 7.89. The number of hydrogen-bond acceptors (Lipinski definition) is 4. The molecule has 0 saturated heterocycles. The molecule has 0 aromatic heterocycles. The van der Waals surface area contributed by atoms with Crippen LogP contribution >= 0.6 is 0 Å². The summed E-state index contributed by atoms with van der Waals surface area (Å²) in [5.41, 5.74) is 5.07. The first-order chi connectivity index (χ1) is 9.79. The molecule has 0 amide bonds. The summed E-state index contributed by atoms with van der Waals surface area (Å²) in [6.45, 7) is 0.0443. The molecule has 1 aromatic rings. The Hall–Kier alpha value is -1.25. The SMILES string of the molecule is Nc1cc(F)c(S(=O)(=O)NCC2CCCC(O)C2)c(F)c1. The minimum Gasteiger partial charge on any atom is -0.399 e. The van der Waals surface area contributed by atoms with Crippen LogP contribution < -0.4 is 10.5 Å². The van der Waals surface area contributed by atoms with Crippen molar-refractivity contribution in [2.75, 3.05) is 12.3 Å². The number of aliphatic hydroxyl groups excluding tert-OH is 1. The van der Waals surface area contributed by atoms with E-state index < -0.39 is 32.7 Å². The molecule has 4 N–H and O–H groups in total. The van der Waals surface area contributed by atoms with Gasteiger partial charge in [-0.2, -0.15) is 0 Å². The van der Waals surface area contributed by atoms with E-state index in [1.54, 1.807) is 0 Å². The first-order valence-electron chi connectivity index (χ1n) is 6.72. The molecule has 1 fully saturated rings. The molecule has 1 aromatic carbocycles. The molecule has 0 aliphatic heterocycles. The van der Waals surface area contributed by atoms with Gasteiger partial charge >= 0.3 is 0 Å². The minimum absolute atomic E-state index is 0.0385. The van der Waals surface area contributed by atoms with E-state index in [1.165, 1.54) is 0 Å². The van der Waals surface area contributed by atoms with Gasteiger partial charge in [0.1, 0.15) is 11.6 Å². The van der Waals surface area contributed by atoms with Crippen LogP contribution in [0.25, 0.3) is 0 Å². The number of halogens is 2. The normalized spacial score (nSPS) is 23.2. The Morgan fingerprint density at radius 1 is 1.29 bits per heavy atom. The Morgan fingerprint density at radius 3 is 2.48 bits per heavy atom. The molecule has 1 saturated carbocycles. The molecule has 2 rings (SSSR count). The summed E-state index contributed by atoms with van der Waals surface area (Å²) in [5, 5.41) is 9.53. The number of anilines is 1. The number of sulfonamides is 1. The fourth-order valence-electron chi connectivity index (χ4n) is 2.58. The fourth-order valence-corrected chi connectivity index (χ4v) is 3.81. The summed E-state index contributed by atoms with van der Waals surface area (Å²) in [5.74, 6) is -2.48. The van der Waals surface area contributed by atoms with Crippen molar-refractivity contribution in [3.05, 3.63) is 23.8 Å². The Kier molecular flexibility index (Phi) is 4.80. The van der Waals surface area contributed by atoms with Crippen LogP contribution in [0.5, 0.6) is 0 Å². The molecule has 8 heteroatoms. The average molecular weight is 320 g/mol. The van der Waals surface area contributed by atoms with E-state index in [9.17, 15) is 22.3 Å². The molecule has 1 aliphatic rings. The summed E-state index contributed by atoms with van der Waals surface area (Å²) >= 11 is 0. The second kappa shape index (κ2) is 6.25. The molecule has 21 heavy (non-hydrogen) atoms. The van der Waals surface area contributed by atoms with Crippen LogP contribution in [0.2, 0.25) is 0 Å². The lowest BCUT2D eigenvalue weighted by molar-refractivity contribution is 0.102. The summed E-state index contributed by atoms with van der Waals surface area (Å²) in [7, 11) is -4.29. The lowest BCUT2D eigenvalue weighted by Gasteiger charge is -2.25. The third-order valence-electron chi connectivity index (χ3n) is 3.61. The van der Waals surface area contributed by atoms with Crippen molar-refractivity contribution in [3.63, 3.8) is 0 Å². The molecule has 0 spiro atoms. The molecule has 118 valence electrons. The largest absolute Gasteiger partial charge is 0.399 e. The van der Waals surface area contributed by atoms with E-state index in [4.69, 9.17) is 5.73 Å². The summed E-state index contributed by atoms with van der Waals surface area (Å²) < 4.78 is 53.5. The van der Waals surface area contributed by atoms with Crippen molar-refractivity contribution in [1.82, 2.24) is 4.72 Å². The van der Waals surface area contributed by atoms with Gasteiger partial charge in [0, 0.05) is 12.2 Å². The number of nitrogens with two attached hydrogens (primary N) is 1. The zero-order valence-electron chi connectivity index (χ0n) is 11.4. The minimum atomic E-state index is -4.29. The monoisotopic (exact) mass is 320 g/mol. The molecule has 5 nitrogen and oxygen atoms in total. The highest BCUT2D eigenvalue weighted by atomic mass is 32.2. The third-order valence-corrected chi connectivity index (χ3v) is 5.08. The van der Waals surface area contributed by atoms with Crippen LogP contribution in [0.3, 0.4) is 0 Å². The van der Waals surface area contributed by atoms with Gasteiger partial charge in [-0.15, -0.1) is 0 Å². The summed E-state index contributed by atoms with van der Waals surface area (Å²) in [6.07, 6.45) is 2.31. The third kappa shape index (κ3) is 3.90. The van der Waals surface area contributed by atoms with E-state index in [0.29, 0.717) is 12.8 Å². The van der Waals surface area contributed by atoms with Crippen LogP contribution in [-0.4, -0.2) is 26.2 Å². The van der Waals surface area contributed by atoms with Crippen molar-refractivity contribution in [3.8, 4) is 0 Å². The molecule has 0 bridgehead atoms. The number of nitrogens with one attached hydrogen (secondary N) is 1. The Labute approximate surface area is 122 Å². The molecule has 0 radical (unpaired) electrons. The molecule has 2 atom stereocenters. The van der Waals surface area contributed by atoms with E-state index in [1.807, 2.05) is 0 Å². The average Bonchev–Trinajstić information content (AvgIpc) is 2.35. The maximum absolute atomic E-state index is 13.7. The zero-order valence-corrected chi connectivity index (χ0v) is 12.2. The van der Waals surface area contributed by atoms with Gasteiger partial charge in [0.05, 0.1) is 6.10 Å². The molecular formula is C13H18F2N2O3S. The van der Waals surface area contributed by atoms with Crippen molar-refractivity contribution in [2.45, 2.75) is 36.7 Å². The van der Waals surface area contributed by atoms with Gasteiger partial charge in [0.25, 0.3) is 0 Å². The van der Waals surface area contributed by atoms with E-state index >= 15 is 0 Å². The topological polar surface area (TPSA) is 92.4 Å². The van der Waals surface area contributed by atoms with Crippen LogP contribution in [0.15, 0.2) is 17.0 Å². The van der Waals surface area contributed by atoms with Gasteiger partial charge in [-0.1, -0.05) is 6.42 Å². The standard InChI is InChI=1S/C13H18F2N2O3S/c14-11-5-9(16)6-12(15)13(11)21(19,20)17-7-8-2-1-3-10(18)4-8/h5-6,8,10,17-18H,1-4,7,16H2. The van der Waals surface area contributed by atoms with Gasteiger partial charge in [-0.05, 0) is 37.3 Å². The van der Waals surface area contributed by atoms with E-state index in [-0.39, 0.29) is 18.2 Å². The van der Waals surface area contributed by atoms with Crippen LogP contribution in [0.1, 0.15) is 25.7 Å². The molecule has 2 unspecified atom stereocenters. The number of hydrogen-bond donors (Lipinski definition) is 3.